The monoisotopic (exact) mass is 264 g/mol. The molecule has 0 aliphatic rings. The molecule has 0 saturated carbocycles. The van der Waals surface area contributed by atoms with E-state index in [1.165, 1.54) is 11.0 Å². The van der Waals surface area contributed by atoms with Gasteiger partial charge in [-0.3, -0.25) is 0 Å². The van der Waals surface area contributed by atoms with E-state index >= 15 is 0 Å². The molecule has 0 fully saturated rings. The lowest BCUT2D eigenvalue weighted by molar-refractivity contribution is -0.131. The number of aliphatic carboxylic acids is 1. The fourth-order valence-corrected chi connectivity index (χ4v) is 1.32. The Morgan fingerprint density at radius 1 is 1.32 bits per heavy atom. The summed E-state index contributed by atoms with van der Waals surface area (Å²) in [7, 11) is 1.58. The molecule has 0 spiro atoms. The van der Waals surface area contributed by atoms with Gasteiger partial charge in [0.2, 0.25) is 0 Å². The zero-order valence-electron chi connectivity index (χ0n) is 10.5. The first-order valence-electron chi connectivity index (χ1n) is 5.67. The number of urea groups is 1. The third kappa shape index (κ3) is 5.22. The Morgan fingerprint density at radius 3 is 2.47 bits per heavy atom. The van der Waals surface area contributed by atoms with Crippen LogP contribution in [-0.2, 0) is 4.79 Å². The molecule has 0 heterocycles. The molecule has 6 heteroatoms. The van der Waals surface area contributed by atoms with Gasteiger partial charge in [0, 0.05) is 25.4 Å². The van der Waals surface area contributed by atoms with E-state index in [1.54, 1.807) is 31.3 Å². The molecule has 6 nitrogen and oxygen atoms in total. The highest BCUT2D eigenvalue weighted by atomic mass is 16.4. The Bertz CT molecular complexity index is 468. The number of carboxylic acids is 1. The van der Waals surface area contributed by atoms with E-state index < -0.39 is 5.97 Å². The van der Waals surface area contributed by atoms with Crippen LogP contribution in [0.3, 0.4) is 0 Å². The van der Waals surface area contributed by atoms with Crippen LogP contribution in [-0.4, -0.2) is 47.3 Å². The average molecular weight is 264 g/mol. The minimum Gasteiger partial charge on any atom is -0.478 e. The van der Waals surface area contributed by atoms with Gasteiger partial charge in [-0.25, -0.2) is 9.59 Å². The van der Waals surface area contributed by atoms with Gasteiger partial charge in [0.1, 0.15) is 0 Å². The summed E-state index contributed by atoms with van der Waals surface area (Å²) in [6, 6.07) is 6.42. The van der Waals surface area contributed by atoms with Gasteiger partial charge in [0.05, 0.1) is 6.61 Å². The lowest BCUT2D eigenvalue weighted by Gasteiger charge is -2.16. The summed E-state index contributed by atoms with van der Waals surface area (Å²) < 4.78 is 0. The van der Waals surface area contributed by atoms with Crippen LogP contribution in [0.1, 0.15) is 5.56 Å². The van der Waals surface area contributed by atoms with E-state index in [1.807, 2.05) is 0 Å². The van der Waals surface area contributed by atoms with Gasteiger partial charge in [-0.05, 0) is 23.8 Å². The molecule has 0 aliphatic carbocycles. The molecule has 0 radical (unpaired) electrons. The second-order valence-corrected chi connectivity index (χ2v) is 3.87. The number of nitrogens with zero attached hydrogens (tertiary/aromatic N) is 1. The van der Waals surface area contributed by atoms with Gasteiger partial charge in [0.25, 0.3) is 0 Å². The van der Waals surface area contributed by atoms with Crippen LogP contribution >= 0.6 is 0 Å². The molecule has 1 rings (SSSR count). The van der Waals surface area contributed by atoms with Gasteiger partial charge >= 0.3 is 12.0 Å². The summed E-state index contributed by atoms with van der Waals surface area (Å²) in [6.45, 7) is 0.161. The van der Waals surface area contributed by atoms with Crippen LogP contribution in [0.15, 0.2) is 30.3 Å². The number of hydrogen-bond donors (Lipinski definition) is 3. The fourth-order valence-electron chi connectivity index (χ4n) is 1.32. The number of aliphatic hydroxyl groups excluding tert-OH is 1. The van der Waals surface area contributed by atoms with Crippen molar-refractivity contribution in [3.8, 4) is 0 Å². The third-order valence-electron chi connectivity index (χ3n) is 2.36. The molecule has 2 amide bonds. The van der Waals surface area contributed by atoms with Crippen molar-refractivity contribution >= 4 is 23.8 Å². The second-order valence-electron chi connectivity index (χ2n) is 3.87. The summed E-state index contributed by atoms with van der Waals surface area (Å²) >= 11 is 0. The van der Waals surface area contributed by atoms with Crippen molar-refractivity contribution in [2.24, 2.45) is 0 Å². The lowest BCUT2D eigenvalue weighted by atomic mass is 10.2. The van der Waals surface area contributed by atoms with Crippen molar-refractivity contribution in [2.45, 2.75) is 0 Å². The summed E-state index contributed by atoms with van der Waals surface area (Å²) in [5.74, 6) is -1.01. The van der Waals surface area contributed by atoms with Gasteiger partial charge in [-0.15, -0.1) is 0 Å². The van der Waals surface area contributed by atoms with Crippen molar-refractivity contribution in [2.75, 3.05) is 25.5 Å². The average Bonchev–Trinajstić information content (AvgIpc) is 2.38. The molecule has 0 saturated heterocycles. The topological polar surface area (TPSA) is 89.9 Å². The van der Waals surface area contributed by atoms with Crippen LogP contribution < -0.4 is 5.32 Å². The number of carbonyl (C=O) groups excluding carboxylic acids is 1. The van der Waals surface area contributed by atoms with Crippen molar-refractivity contribution in [1.82, 2.24) is 4.90 Å². The number of aliphatic hydroxyl groups is 1. The van der Waals surface area contributed by atoms with E-state index in [2.05, 4.69) is 5.32 Å². The maximum absolute atomic E-state index is 11.6. The highest BCUT2D eigenvalue weighted by Crippen LogP contribution is 2.11. The zero-order chi connectivity index (χ0) is 14.3. The minimum atomic E-state index is -1.01. The molecular weight excluding hydrogens is 248 g/mol. The first-order chi connectivity index (χ1) is 9.02. The van der Waals surface area contributed by atoms with Gasteiger partial charge in [0.15, 0.2) is 0 Å². The van der Waals surface area contributed by atoms with Gasteiger partial charge in [-0.2, -0.15) is 0 Å². The fraction of sp³-hybridized carbons (Fsp3) is 0.231. The quantitative estimate of drug-likeness (QED) is 0.698. The number of benzene rings is 1. The number of hydrogen-bond acceptors (Lipinski definition) is 3. The Labute approximate surface area is 111 Å². The molecule has 3 N–H and O–H groups in total. The molecule has 0 unspecified atom stereocenters. The van der Waals surface area contributed by atoms with Gasteiger partial charge in [-0.1, -0.05) is 12.1 Å². The van der Waals surface area contributed by atoms with Gasteiger partial charge < -0.3 is 20.4 Å². The molecule has 0 atom stereocenters. The molecule has 1 aromatic carbocycles. The number of likely N-dealkylation sites (N-methyl/N-ethyl adjacent to an activating group) is 1. The Balaban J connectivity index is 2.62. The Kier molecular flexibility index (Phi) is 5.56. The molecule has 1 aromatic rings. The van der Waals surface area contributed by atoms with Crippen LogP contribution in [0, 0.1) is 0 Å². The van der Waals surface area contributed by atoms with Crippen molar-refractivity contribution in [1.29, 1.82) is 0 Å². The van der Waals surface area contributed by atoms with Crippen molar-refractivity contribution in [3.63, 3.8) is 0 Å². The van der Waals surface area contributed by atoms with E-state index in [0.29, 0.717) is 5.69 Å². The number of nitrogens with one attached hydrogen (secondary N) is 1. The van der Waals surface area contributed by atoms with E-state index in [-0.39, 0.29) is 19.2 Å². The Morgan fingerprint density at radius 2 is 1.95 bits per heavy atom. The summed E-state index contributed by atoms with van der Waals surface area (Å²) in [6.07, 6.45) is 2.51. The zero-order valence-corrected chi connectivity index (χ0v) is 10.5. The highest BCUT2D eigenvalue weighted by Gasteiger charge is 2.07. The maximum atomic E-state index is 11.6. The van der Waals surface area contributed by atoms with E-state index in [0.717, 1.165) is 11.6 Å². The summed E-state index contributed by atoms with van der Waals surface area (Å²) in [5.41, 5.74) is 1.33. The number of amides is 2. The lowest BCUT2D eigenvalue weighted by Crippen LogP contribution is -2.33. The Hall–Kier alpha value is -2.34. The number of carbonyl (C=O) groups is 2. The van der Waals surface area contributed by atoms with E-state index in [9.17, 15) is 9.59 Å². The number of anilines is 1. The number of carboxylic acid groups (broad SMARTS) is 1. The van der Waals surface area contributed by atoms with Crippen LogP contribution in [0.25, 0.3) is 6.08 Å². The molecule has 102 valence electrons. The third-order valence-corrected chi connectivity index (χ3v) is 2.36. The largest absolute Gasteiger partial charge is 0.478 e. The van der Waals surface area contributed by atoms with Crippen LogP contribution in [0.4, 0.5) is 10.5 Å². The molecular formula is C13H16N2O4. The predicted octanol–water partition coefficient (Wildman–Crippen LogP) is 1.24. The second kappa shape index (κ2) is 7.17. The highest BCUT2D eigenvalue weighted by molar-refractivity contribution is 5.89. The first kappa shape index (κ1) is 14.7. The van der Waals surface area contributed by atoms with Crippen LogP contribution in [0.2, 0.25) is 0 Å². The van der Waals surface area contributed by atoms with Crippen molar-refractivity contribution < 1.29 is 19.8 Å². The molecule has 0 bridgehead atoms. The summed E-state index contributed by atoms with van der Waals surface area (Å²) in [5, 5.41) is 19.9. The smallest absolute Gasteiger partial charge is 0.328 e. The molecule has 0 aromatic heterocycles. The first-order valence-corrected chi connectivity index (χ1v) is 5.67. The van der Waals surface area contributed by atoms with E-state index in [4.69, 9.17) is 10.2 Å². The molecule has 19 heavy (non-hydrogen) atoms. The SMILES string of the molecule is CN(CCO)C(=O)Nc1ccc(/C=C/C(=O)O)cc1. The standard InChI is InChI=1S/C13H16N2O4/c1-15(8-9-16)13(19)14-11-5-2-10(3-6-11)4-7-12(17)18/h2-7,16H,8-9H2,1H3,(H,14,19)(H,17,18)/b7-4+. The maximum Gasteiger partial charge on any atom is 0.328 e. The molecule has 0 aliphatic heterocycles. The number of rotatable bonds is 5. The summed E-state index contributed by atoms with van der Waals surface area (Å²) in [4.78, 5) is 23.3. The van der Waals surface area contributed by atoms with Crippen molar-refractivity contribution in [3.05, 3.63) is 35.9 Å². The van der Waals surface area contributed by atoms with Crippen LogP contribution in [0.5, 0.6) is 0 Å². The minimum absolute atomic E-state index is 0.0944. The normalized spacial score (nSPS) is 10.4. The predicted molar refractivity (Wildman–Crippen MR) is 71.8 cm³/mol.